The smallest absolute Gasteiger partial charge is 0.227 e. The highest BCUT2D eigenvalue weighted by atomic mass is 79.9. The van der Waals surface area contributed by atoms with Crippen molar-refractivity contribution in [3.8, 4) is 0 Å². The number of rotatable bonds is 5. The zero-order valence-electron chi connectivity index (χ0n) is 15.4. The van der Waals surface area contributed by atoms with Crippen LogP contribution < -0.4 is 0 Å². The van der Waals surface area contributed by atoms with Crippen LogP contribution in [0.1, 0.15) is 44.1 Å². The number of halogens is 1. The van der Waals surface area contributed by atoms with E-state index in [1.807, 2.05) is 36.2 Å². The van der Waals surface area contributed by atoms with E-state index in [-0.39, 0.29) is 22.9 Å². The normalized spacial score (nSPS) is 23.0. The molecule has 0 spiro atoms. The van der Waals surface area contributed by atoms with Crippen molar-refractivity contribution in [1.29, 1.82) is 0 Å². The summed E-state index contributed by atoms with van der Waals surface area (Å²) in [5, 5.41) is 2.37. The molecule has 26 heavy (non-hydrogen) atoms. The summed E-state index contributed by atoms with van der Waals surface area (Å²) in [4.78, 5) is 21.4. The molecule has 1 amide bonds. The number of isothiocyanates is 1. The van der Waals surface area contributed by atoms with Crippen LogP contribution in [0.25, 0.3) is 0 Å². The van der Waals surface area contributed by atoms with Gasteiger partial charge in [0.1, 0.15) is 0 Å². The zero-order chi connectivity index (χ0) is 17.6. The van der Waals surface area contributed by atoms with Gasteiger partial charge in [0, 0.05) is 19.1 Å². The molecule has 0 N–H and O–H groups in total. The van der Waals surface area contributed by atoms with Crippen LogP contribution in [0.2, 0.25) is 0 Å². The lowest BCUT2D eigenvalue weighted by atomic mass is 9.88. The second-order valence-corrected chi connectivity index (χ2v) is 7.40. The van der Waals surface area contributed by atoms with Crippen molar-refractivity contribution < 1.29 is 4.79 Å². The SMILES string of the molecule is Br.CN(C(=O)Cc1ccc(N=C=S)cc1)[C@H]1CCCC[C@@H]1N1CCCC1. The van der Waals surface area contributed by atoms with Gasteiger partial charge in [-0.25, -0.2) is 0 Å². The van der Waals surface area contributed by atoms with Crippen molar-refractivity contribution in [2.24, 2.45) is 4.99 Å². The molecule has 1 aliphatic carbocycles. The molecule has 1 saturated heterocycles. The van der Waals surface area contributed by atoms with Crippen LogP contribution in [0.15, 0.2) is 29.3 Å². The van der Waals surface area contributed by atoms with Gasteiger partial charge >= 0.3 is 0 Å². The van der Waals surface area contributed by atoms with Gasteiger partial charge in [-0.2, -0.15) is 4.99 Å². The van der Waals surface area contributed by atoms with Gasteiger partial charge in [0.2, 0.25) is 5.91 Å². The first-order chi connectivity index (χ1) is 12.2. The Labute approximate surface area is 172 Å². The largest absolute Gasteiger partial charge is 0.341 e. The molecule has 0 radical (unpaired) electrons. The number of benzene rings is 1. The molecule has 142 valence electrons. The number of carbonyl (C=O) groups is 1. The number of hydrogen-bond acceptors (Lipinski definition) is 4. The van der Waals surface area contributed by atoms with Crippen LogP contribution in [0.4, 0.5) is 5.69 Å². The van der Waals surface area contributed by atoms with E-state index in [0.717, 1.165) is 17.7 Å². The topological polar surface area (TPSA) is 35.9 Å². The number of aliphatic imine (C=N–C) groups is 1. The third-order valence-corrected chi connectivity index (χ3v) is 5.75. The number of thiocarbonyl (C=S) groups is 1. The zero-order valence-corrected chi connectivity index (χ0v) is 17.9. The molecule has 0 bridgehead atoms. The first-order valence-electron chi connectivity index (χ1n) is 9.35. The average Bonchev–Trinajstić information content (AvgIpc) is 3.17. The van der Waals surface area contributed by atoms with Crippen molar-refractivity contribution in [1.82, 2.24) is 9.80 Å². The number of carbonyl (C=O) groups excluding carboxylic acids is 1. The fraction of sp³-hybridized carbons (Fsp3) is 0.600. The maximum Gasteiger partial charge on any atom is 0.227 e. The predicted octanol–water partition coefficient (Wildman–Crippen LogP) is 4.41. The van der Waals surface area contributed by atoms with E-state index in [9.17, 15) is 4.79 Å². The highest BCUT2D eigenvalue weighted by Crippen LogP contribution is 2.29. The van der Waals surface area contributed by atoms with Crippen molar-refractivity contribution in [2.75, 3.05) is 20.1 Å². The number of hydrogen-bond donors (Lipinski definition) is 0. The molecule has 1 aromatic carbocycles. The molecule has 6 heteroatoms. The van der Waals surface area contributed by atoms with E-state index < -0.39 is 0 Å². The number of amides is 1. The van der Waals surface area contributed by atoms with E-state index in [2.05, 4.69) is 27.3 Å². The molecular formula is C20H28BrN3OS. The molecule has 4 nitrogen and oxygen atoms in total. The summed E-state index contributed by atoms with van der Waals surface area (Å²) >= 11 is 4.62. The second kappa shape index (κ2) is 10.3. The van der Waals surface area contributed by atoms with Gasteiger partial charge in [0.15, 0.2) is 0 Å². The summed E-state index contributed by atoms with van der Waals surface area (Å²) in [6, 6.07) is 8.58. The van der Waals surface area contributed by atoms with E-state index in [4.69, 9.17) is 0 Å². The van der Waals surface area contributed by atoms with Crippen molar-refractivity contribution in [3.63, 3.8) is 0 Å². The Bertz CT molecular complexity index is 639. The van der Waals surface area contributed by atoms with E-state index in [0.29, 0.717) is 18.5 Å². The molecule has 1 aliphatic heterocycles. The molecular weight excluding hydrogens is 410 g/mol. The van der Waals surface area contributed by atoms with Gasteiger partial charge in [0.25, 0.3) is 0 Å². The predicted molar refractivity (Wildman–Crippen MR) is 115 cm³/mol. The first-order valence-corrected chi connectivity index (χ1v) is 9.76. The van der Waals surface area contributed by atoms with Crippen LogP contribution >= 0.6 is 29.2 Å². The molecule has 2 fully saturated rings. The Morgan fingerprint density at radius 1 is 1.19 bits per heavy atom. The maximum atomic E-state index is 12.8. The minimum absolute atomic E-state index is 0. The summed E-state index contributed by atoms with van der Waals surface area (Å²) in [7, 11) is 1.99. The molecule has 1 heterocycles. The van der Waals surface area contributed by atoms with E-state index >= 15 is 0 Å². The highest BCUT2D eigenvalue weighted by molar-refractivity contribution is 8.93. The Morgan fingerprint density at radius 2 is 1.85 bits per heavy atom. The summed E-state index contributed by atoms with van der Waals surface area (Å²) in [6.07, 6.45) is 7.94. The molecule has 1 saturated carbocycles. The van der Waals surface area contributed by atoms with Crippen LogP contribution in [-0.4, -0.2) is 53.1 Å². The van der Waals surface area contributed by atoms with Gasteiger partial charge in [0.05, 0.1) is 17.3 Å². The fourth-order valence-corrected chi connectivity index (χ4v) is 4.37. The number of nitrogens with zero attached hydrogens (tertiary/aromatic N) is 3. The lowest BCUT2D eigenvalue weighted by molar-refractivity contribution is -0.133. The van der Waals surface area contributed by atoms with Gasteiger partial charge in [-0.1, -0.05) is 25.0 Å². The Kier molecular flexibility index (Phi) is 8.42. The Morgan fingerprint density at radius 3 is 2.50 bits per heavy atom. The quantitative estimate of drug-likeness (QED) is 0.505. The average molecular weight is 438 g/mol. The van der Waals surface area contributed by atoms with Crippen LogP contribution in [0.5, 0.6) is 0 Å². The minimum atomic E-state index is 0. The monoisotopic (exact) mass is 437 g/mol. The number of likely N-dealkylation sites (tertiary alicyclic amines) is 1. The molecule has 0 unspecified atom stereocenters. The van der Waals surface area contributed by atoms with Crippen molar-refractivity contribution in [3.05, 3.63) is 29.8 Å². The minimum Gasteiger partial charge on any atom is -0.341 e. The molecule has 2 atom stereocenters. The third-order valence-electron chi connectivity index (χ3n) is 5.66. The van der Waals surface area contributed by atoms with Gasteiger partial charge in [-0.3, -0.25) is 9.69 Å². The van der Waals surface area contributed by atoms with Crippen molar-refractivity contribution in [2.45, 2.75) is 57.0 Å². The van der Waals surface area contributed by atoms with Gasteiger partial charge < -0.3 is 4.90 Å². The second-order valence-electron chi connectivity index (χ2n) is 7.21. The van der Waals surface area contributed by atoms with Crippen LogP contribution in [-0.2, 0) is 11.2 Å². The van der Waals surface area contributed by atoms with Crippen molar-refractivity contribution >= 4 is 46.0 Å². The lowest BCUT2D eigenvalue weighted by Gasteiger charge is -2.42. The van der Waals surface area contributed by atoms with Crippen LogP contribution in [0, 0.1) is 0 Å². The summed E-state index contributed by atoms with van der Waals surface area (Å²) in [5.74, 6) is 0.210. The standard InChI is InChI=1S/C20H27N3OS.BrH/c1-22(18-6-2-3-7-19(18)23-12-4-5-13-23)20(24)14-16-8-10-17(11-9-16)21-15-25;/h8-11,18-19H,2-7,12-14H2,1H3;1H/t18-,19-;/m0./s1. The lowest BCUT2D eigenvalue weighted by Crippen LogP contribution is -2.53. The number of likely N-dealkylation sites (N-methyl/N-ethyl adjacent to an activating group) is 1. The third kappa shape index (κ3) is 5.23. The summed E-state index contributed by atoms with van der Waals surface area (Å²) < 4.78 is 0. The summed E-state index contributed by atoms with van der Waals surface area (Å²) in [5.41, 5.74) is 1.80. The molecule has 2 aliphatic rings. The first kappa shape index (κ1) is 21.2. The van der Waals surface area contributed by atoms with E-state index in [1.54, 1.807) is 0 Å². The van der Waals surface area contributed by atoms with Gasteiger partial charge in [-0.15, -0.1) is 17.0 Å². The highest BCUT2D eigenvalue weighted by Gasteiger charge is 2.35. The van der Waals surface area contributed by atoms with Crippen LogP contribution in [0.3, 0.4) is 0 Å². The summed E-state index contributed by atoms with van der Waals surface area (Å²) in [6.45, 7) is 2.40. The van der Waals surface area contributed by atoms with E-state index in [1.165, 1.54) is 45.2 Å². The fourth-order valence-electron chi connectivity index (χ4n) is 4.27. The Balaban J connectivity index is 0.00000243. The molecule has 0 aromatic heterocycles. The molecule has 1 aromatic rings. The van der Waals surface area contributed by atoms with Gasteiger partial charge in [-0.05, 0) is 68.7 Å². The maximum absolute atomic E-state index is 12.8. The molecule has 3 rings (SSSR count). The Hall–Kier alpha value is -1.07.